The predicted octanol–water partition coefficient (Wildman–Crippen LogP) is 0.935. The lowest BCUT2D eigenvalue weighted by Gasteiger charge is -2.34. The SMILES string of the molecule is CC1CCN(C(=O)c2ccc(C#CCO)s2)CC1O. The lowest BCUT2D eigenvalue weighted by atomic mass is 9.96. The highest BCUT2D eigenvalue weighted by atomic mass is 32.1. The van der Waals surface area contributed by atoms with Gasteiger partial charge in [-0.15, -0.1) is 11.3 Å². The highest BCUT2D eigenvalue weighted by Crippen LogP contribution is 2.22. The molecule has 2 rings (SSSR count). The largest absolute Gasteiger partial charge is 0.391 e. The zero-order valence-electron chi connectivity index (χ0n) is 10.8. The Morgan fingerprint density at radius 1 is 1.58 bits per heavy atom. The minimum Gasteiger partial charge on any atom is -0.391 e. The maximum Gasteiger partial charge on any atom is 0.264 e. The van der Waals surface area contributed by atoms with Crippen molar-refractivity contribution < 1.29 is 15.0 Å². The van der Waals surface area contributed by atoms with Gasteiger partial charge in [-0.05, 0) is 24.5 Å². The number of nitrogens with zero attached hydrogens (tertiary/aromatic N) is 1. The number of β-amino-alcohol motifs (C(OH)–C–C–N with tert-alkyl or cyclic N) is 1. The minimum atomic E-state index is -0.439. The van der Waals surface area contributed by atoms with Crippen LogP contribution in [-0.2, 0) is 0 Å². The van der Waals surface area contributed by atoms with Crippen LogP contribution in [0.1, 0.15) is 27.9 Å². The maximum absolute atomic E-state index is 12.3. The first-order valence-corrected chi connectivity index (χ1v) is 7.10. The van der Waals surface area contributed by atoms with Gasteiger partial charge in [0, 0.05) is 13.1 Å². The molecule has 0 saturated carbocycles. The van der Waals surface area contributed by atoms with Crippen LogP contribution in [0, 0.1) is 17.8 Å². The number of hydrogen-bond donors (Lipinski definition) is 2. The molecule has 5 heteroatoms. The molecule has 1 fully saturated rings. The molecule has 1 saturated heterocycles. The van der Waals surface area contributed by atoms with Crippen LogP contribution in [0.25, 0.3) is 0 Å². The van der Waals surface area contributed by atoms with Crippen LogP contribution in [0.5, 0.6) is 0 Å². The molecular formula is C14H17NO3S. The van der Waals surface area contributed by atoms with Gasteiger partial charge in [0.1, 0.15) is 6.61 Å². The summed E-state index contributed by atoms with van der Waals surface area (Å²) < 4.78 is 0. The Hall–Kier alpha value is -1.35. The van der Waals surface area contributed by atoms with Crippen molar-refractivity contribution >= 4 is 17.2 Å². The van der Waals surface area contributed by atoms with Crippen LogP contribution in [0.2, 0.25) is 0 Å². The van der Waals surface area contributed by atoms with Gasteiger partial charge in [0.2, 0.25) is 0 Å². The van der Waals surface area contributed by atoms with Crippen molar-refractivity contribution in [2.45, 2.75) is 19.4 Å². The molecule has 1 aliphatic rings. The quantitative estimate of drug-likeness (QED) is 0.752. The Bertz CT molecular complexity index is 514. The van der Waals surface area contributed by atoms with Gasteiger partial charge in [-0.2, -0.15) is 0 Å². The number of aliphatic hydroxyl groups excluding tert-OH is 2. The van der Waals surface area contributed by atoms with Gasteiger partial charge in [0.15, 0.2) is 0 Å². The van der Waals surface area contributed by atoms with Gasteiger partial charge in [-0.1, -0.05) is 18.8 Å². The van der Waals surface area contributed by atoms with E-state index in [0.717, 1.165) is 11.3 Å². The van der Waals surface area contributed by atoms with Crippen LogP contribution < -0.4 is 0 Å². The maximum atomic E-state index is 12.3. The van der Waals surface area contributed by atoms with Crippen LogP contribution in [0.15, 0.2) is 12.1 Å². The van der Waals surface area contributed by atoms with E-state index in [1.54, 1.807) is 17.0 Å². The fraction of sp³-hybridized carbons (Fsp3) is 0.500. The standard InChI is InChI=1S/C14H17NO3S/c1-10-6-7-15(9-12(10)17)14(18)13-5-4-11(19-13)3-2-8-16/h4-5,10,12,16-17H,6-9H2,1H3. The summed E-state index contributed by atoms with van der Waals surface area (Å²) in [6.07, 6.45) is 0.390. The van der Waals surface area contributed by atoms with Crippen molar-refractivity contribution in [3.63, 3.8) is 0 Å². The van der Waals surface area contributed by atoms with Crippen molar-refractivity contribution in [2.75, 3.05) is 19.7 Å². The van der Waals surface area contributed by atoms with E-state index in [4.69, 9.17) is 5.11 Å². The molecule has 4 nitrogen and oxygen atoms in total. The van der Waals surface area contributed by atoms with Crippen LogP contribution in [0.4, 0.5) is 0 Å². The smallest absolute Gasteiger partial charge is 0.264 e. The van der Waals surface area contributed by atoms with Crippen molar-refractivity contribution in [3.05, 3.63) is 21.9 Å². The number of aliphatic hydroxyl groups is 2. The number of rotatable bonds is 1. The van der Waals surface area contributed by atoms with E-state index in [-0.39, 0.29) is 18.4 Å². The Morgan fingerprint density at radius 2 is 2.37 bits per heavy atom. The summed E-state index contributed by atoms with van der Waals surface area (Å²) in [5.74, 6) is 5.55. The minimum absolute atomic E-state index is 0.0481. The highest BCUT2D eigenvalue weighted by molar-refractivity contribution is 7.14. The van der Waals surface area contributed by atoms with Gasteiger partial charge < -0.3 is 15.1 Å². The molecular weight excluding hydrogens is 262 g/mol. The third kappa shape index (κ3) is 3.35. The Kier molecular flexibility index (Phi) is 4.59. The van der Waals surface area contributed by atoms with Crippen molar-refractivity contribution in [3.8, 4) is 11.8 Å². The molecule has 2 atom stereocenters. The Morgan fingerprint density at radius 3 is 3.05 bits per heavy atom. The molecule has 0 aromatic carbocycles. The number of thiophene rings is 1. The molecule has 0 spiro atoms. The molecule has 102 valence electrons. The number of piperidine rings is 1. The zero-order chi connectivity index (χ0) is 13.8. The lowest BCUT2D eigenvalue weighted by molar-refractivity contribution is 0.0251. The molecule has 2 unspecified atom stereocenters. The van der Waals surface area contributed by atoms with E-state index in [1.165, 1.54) is 11.3 Å². The normalized spacial score (nSPS) is 22.8. The first-order chi connectivity index (χ1) is 9.11. The third-order valence-corrected chi connectivity index (χ3v) is 4.30. The van der Waals surface area contributed by atoms with Gasteiger partial charge in [0.05, 0.1) is 15.9 Å². The summed E-state index contributed by atoms with van der Waals surface area (Å²) in [5, 5.41) is 18.5. The van der Waals surface area contributed by atoms with Crippen molar-refractivity contribution in [2.24, 2.45) is 5.92 Å². The van der Waals surface area contributed by atoms with Crippen LogP contribution in [-0.4, -0.2) is 46.8 Å². The molecule has 2 heterocycles. The summed E-state index contributed by atoms with van der Waals surface area (Å²) in [4.78, 5) is 15.4. The number of likely N-dealkylation sites (tertiary alicyclic amines) is 1. The van der Waals surface area contributed by atoms with E-state index >= 15 is 0 Å². The van der Waals surface area contributed by atoms with E-state index < -0.39 is 6.10 Å². The van der Waals surface area contributed by atoms with Gasteiger partial charge >= 0.3 is 0 Å². The summed E-state index contributed by atoms with van der Waals surface area (Å²) in [6.45, 7) is 2.90. The summed E-state index contributed by atoms with van der Waals surface area (Å²) >= 11 is 1.32. The zero-order valence-corrected chi connectivity index (χ0v) is 11.6. The lowest BCUT2D eigenvalue weighted by Crippen LogP contribution is -2.45. The third-order valence-electron chi connectivity index (χ3n) is 3.31. The highest BCUT2D eigenvalue weighted by Gasteiger charge is 2.28. The Balaban J connectivity index is 2.05. The van der Waals surface area contributed by atoms with E-state index in [0.29, 0.717) is 18.0 Å². The molecule has 1 aromatic rings. The van der Waals surface area contributed by atoms with E-state index in [1.807, 2.05) is 6.92 Å². The van der Waals surface area contributed by atoms with Crippen LogP contribution >= 0.6 is 11.3 Å². The second-order valence-electron chi connectivity index (χ2n) is 4.71. The first kappa shape index (κ1) is 14.1. The van der Waals surface area contributed by atoms with Gasteiger partial charge in [0.25, 0.3) is 5.91 Å². The molecule has 1 amide bonds. The molecule has 0 bridgehead atoms. The fourth-order valence-electron chi connectivity index (χ4n) is 2.04. The van der Waals surface area contributed by atoms with E-state index in [9.17, 15) is 9.90 Å². The molecule has 2 N–H and O–H groups in total. The van der Waals surface area contributed by atoms with Gasteiger partial charge in [-0.25, -0.2) is 0 Å². The van der Waals surface area contributed by atoms with Gasteiger partial charge in [-0.3, -0.25) is 4.79 Å². The first-order valence-electron chi connectivity index (χ1n) is 6.28. The predicted molar refractivity (Wildman–Crippen MR) is 74.0 cm³/mol. The molecule has 0 radical (unpaired) electrons. The molecule has 0 aliphatic carbocycles. The number of hydrogen-bond acceptors (Lipinski definition) is 4. The number of carbonyl (C=O) groups is 1. The van der Waals surface area contributed by atoms with Crippen molar-refractivity contribution in [1.29, 1.82) is 0 Å². The Labute approximate surface area is 116 Å². The molecule has 19 heavy (non-hydrogen) atoms. The summed E-state index contributed by atoms with van der Waals surface area (Å²) in [6, 6.07) is 3.53. The fourth-order valence-corrected chi connectivity index (χ4v) is 2.88. The van der Waals surface area contributed by atoms with Crippen LogP contribution in [0.3, 0.4) is 0 Å². The second kappa shape index (κ2) is 6.20. The molecule has 1 aliphatic heterocycles. The average molecular weight is 279 g/mol. The second-order valence-corrected chi connectivity index (χ2v) is 5.79. The monoisotopic (exact) mass is 279 g/mol. The molecule has 1 aromatic heterocycles. The number of amides is 1. The summed E-state index contributed by atoms with van der Waals surface area (Å²) in [7, 11) is 0. The summed E-state index contributed by atoms with van der Waals surface area (Å²) in [5.41, 5.74) is 0. The topological polar surface area (TPSA) is 60.8 Å². The van der Waals surface area contributed by atoms with E-state index in [2.05, 4.69) is 11.8 Å². The average Bonchev–Trinajstić information content (AvgIpc) is 2.87. The van der Waals surface area contributed by atoms with Crippen molar-refractivity contribution in [1.82, 2.24) is 4.90 Å². The number of carbonyl (C=O) groups excluding carboxylic acids is 1.